The Morgan fingerprint density at radius 3 is 2.33 bits per heavy atom. The maximum atomic E-state index is 10.2. The Hall–Kier alpha value is 0.340. The van der Waals surface area contributed by atoms with Crippen LogP contribution in [0.5, 0.6) is 0 Å². The number of carbonyl (C=O) groups is 1. The van der Waals surface area contributed by atoms with E-state index in [2.05, 4.69) is 10.9 Å². The molecular formula is C4H9N2NaO4S. The van der Waals surface area contributed by atoms with Gasteiger partial charge < -0.3 is 4.55 Å². The molecule has 0 aliphatic carbocycles. The van der Waals surface area contributed by atoms with Crippen molar-refractivity contribution in [3.05, 3.63) is 0 Å². The molecule has 6 nitrogen and oxygen atoms in total. The van der Waals surface area contributed by atoms with E-state index in [9.17, 15) is 17.8 Å². The summed E-state index contributed by atoms with van der Waals surface area (Å²) in [5.41, 5.74) is 4.39. The maximum Gasteiger partial charge on any atom is 1.00 e. The fraction of sp³-hybridized carbons (Fsp3) is 0.750. The Balaban J connectivity index is 0. The van der Waals surface area contributed by atoms with Gasteiger partial charge in [-0.2, -0.15) is 0 Å². The number of hydrogen-bond donors (Lipinski definition) is 2. The summed E-state index contributed by atoms with van der Waals surface area (Å²) in [6.45, 7) is 1.18. The van der Waals surface area contributed by atoms with Crippen LogP contribution in [0.25, 0.3) is 0 Å². The third kappa shape index (κ3) is 13.0. The first-order valence-electron chi connectivity index (χ1n) is 2.85. The quantitative estimate of drug-likeness (QED) is 0.207. The molecule has 0 saturated heterocycles. The minimum absolute atomic E-state index is 0. The Kier molecular flexibility index (Phi) is 8.43. The van der Waals surface area contributed by atoms with Crippen LogP contribution >= 0.6 is 0 Å². The Morgan fingerprint density at radius 2 is 2.00 bits per heavy atom. The van der Waals surface area contributed by atoms with E-state index in [4.69, 9.17) is 0 Å². The number of amides is 1. The molecule has 1 amide bonds. The van der Waals surface area contributed by atoms with Crippen molar-refractivity contribution in [2.45, 2.75) is 6.92 Å². The van der Waals surface area contributed by atoms with Crippen LogP contribution in [0.1, 0.15) is 6.92 Å². The Labute approximate surface area is 93.1 Å². The maximum absolute atomic E-state index is 10.2. The average molecular weight is 204 g/mol. The molecule has 0 spiro atoms. The molecule has 0 heterocycles. The predicted octanol–water partition coefficient (Wildman–Crippen LogP) is -4.82. The van der Waals surface area contributed by atoms with Gasteiger partial charge in [0.2, 0.25) is 5.91 Å². The van der Waals surface area contributed by atoms with Crippen LogP contribution in [0.4, 0.5) is 0 Å². The van der Waals surface area contributed by atoms with E-state index in [0.29, 0.717) is 0 Å². The monoisotopic (exact) mass is 204 g/mol. The molecule has 66 valence electrons. The number of nitrogens with one attached hydrogen (secondary N) is 2. The van der Waals surface area contributed by atoms with Gasteiger partial charge >= 0.3 is 29.6 Å². The zero-order valence-corrected chi connectivity index (χ0v) is 9.77. The van der Waals surface area contributed by atoms with Crippen LogP contribution in [0.15, 0.2) is 0 Å². The Bertz CT molecular complexity index is 227. The van der Waals surface area contributed by atoms with Crippen LogP contribution in [0.3, 0.4) is 0 Å². The molecule has 0 aliphatic heterocycles. The van der Waals surface area contributed by atoms with Crippen LogP contribution in [0, 0.1) is 0 Å². The van der Waals surface area contributed by atoms with Gasteiger partial charge in [-0.25, -0.2) is 13.8 Å². The summed E-state index contributed by atoms with van der Waals surface area (Å²) in [5, 5.41) is 0. The summed E-state index contributed by atoms with van der Waals surface area (Å²) in [4.78, 5) is 10.2. The molecule has 2 N–H and O–H groups in total. The molecule has 0 fully saturated rings. The number of hydrogen-bond acceptors (Lipinski definition) is 5. The first-order valence-corrected chi connectivity index (χ1v) is 4.42. The zero-order valence-electron chi connectivity index (χ0n) is 6.96. The van der Waals surface area contributed by atoms with Gasteiger partial charge in [0.25, 0.3) is 0 Å². The van der Waals surface area contributed by atoms with E-state index < -0.39 is 15.9 Å². The summed E-state index contributed by atoms with van der Waals surface area (Å²) < 4.78 is 29.9. The van der Waals surface area contributed by atoms with Gasteiger partial charge in [-0.05, 0) is 0 Å². The summed E-state index contributed by atoms with van der Waals surface area (Å²) >= 11 is 0. The van der Waals surface area contributed by atoms with Crippen molar-refractivity contribution in [3.63, 3.8) is 0 Å². The van der Waals surface area contributed by atoms with E-state index in [0.717, 1.165) is 0 Å². The van der Waals surface area contributed by atoms with Crippen LogP contribution < -0.4 is 40.4 Å². The first-order chi connectivity index (χ1) is 4.92. The second-order valence-electron chi connectivity index (χ2n) is 1.87. The third-order valence-electron chi connectivity index (χ3n) is 0.741. The van der Waals surface area contributed by atoms with Crippen molar-refractivity contribution in [1.29, 1.82) is 0 Å². The molecule has 0 aromatic heterocycles. The van der Waals surface area contributed by atoms with Gasteiger partial charge in [0, 0.05) is 13.5 Å². The molecule has 0 radical (unpaired) electrons. The van der Waals surface area contributed by atoms with Gasteiger partial charge in [0.1, 0.15) is 0 Å². The normalized spacial score (nSPS) is 10.2. The minimum atomic E-state index is -4.19. The van der Waals surface area contributed by atoms with E-state index >= 15 is 0 Å². The second-order valence-corrected chi connectivity index (χ2v) is 3.39. The minimum Gasteiger partial charge on any atom is -0.748 e. The topological polar surface area (TPSA) is 98.3 Å². The molecule has 0 aromatic rings. The number of rotatable bonds is 4. The largest absolute Gasteiger partial charge is 1.00 e. The first kappa shape index (κ1) is 14.8. The van der Waals surface area contributed by atoms with Gasteiger partial charge in [-0.3, -0.25) is 10.2 Å². The smallest absolute Gasteiger partial charge is 0.748 e. The van der Waals surface area contributed by atoms with Crippen LogP contribution in [0.2, 0.25) is 0 Å². The van der Waals surface area contributed by atoms with Crippen molar-refractivity contribution in [2.24, 2.45) is 0 Å². The van der Waals surface area contributed by atoms with Crippen molar-refractivity contribution >= 4 is 16.0 Å². The van der Waals surface area contributed by atoms with Gasteiger partial charge in [-0.1, -0.05) is 0 Å². The van der Waals surface area contributed by atoms with Crippen LogP contribution in [-0.2, 0) is 14.9 Å². The molecule has 0 aromatic carbocycles. The second kappa shape index (κ2) is 6.81. The van der Waals surface area contributed by atoms with E-state index in [-0.39, 0.29) is 42.0 Å². The summed E-state index contributed by atoms with van der Waals surface area (Å²) in [6.07, 6.45) is 0. The number of carbonyl (C=O) groups excluding carboxylic acids is 1. The Morgan fingerprint density at radius 1 is 1.50 bits per heavy atom. The van der Waals surface area contributed by atoms with E-state index in [1.807, 2.05) is 0 Å². The van der Waals surface area contributed by atoms with Gasteiger partial charge in [-0.15, -0.1) is 0 Å². The molecule has 12 heavy (non-hydrogen) atoms. The predicted molar refractivity (Wildman–Crippen MR) is 36.4 cm³/mol. The third-order valence-corrected chi connectivity index (χ3v) is 1.45. The van der Waals surface area contributed by atoms with Crippen molar-refractivity contribution in [1.82, 2.24) is 10.9 Å². The summed E-state index contributed by atoms with van der Waals surface area (Å²) in [6, 6.07) is 0. The van der Waals surface area contributed by atoms with E-state index in [1.54, 1.807) is 0 Å². The molecule has 0 saturated carbocycles. The average Bonchev–Trinajstić information content (AvgIpc) is 1.78. The molecule has 0 rings (SSSR count). The van der Waals surface area contributed by atoms with Crippen molar-refractivity contribution in [3.8, 4) is 0 Å². The molecule has 8 heteroatoms. The van der Waals surface area contributed by atoms with Crippen molar-refractivity contribution in [2.75, 3.05) is 12.3 Å². The molecule has 0 atom stereocenters. The fourth-order valence-electron chi connectivity index (χ4n) is 0.363. The van der Waals surface area contributed by atoms with Crippen molar-refractivity contribution < 1.29 is 47.3 Å². The SMILES string of the molecule is CC(=O)NNCCS(=O)(=O)[O-].[Na+]. The van der Waals surface area contributed by atoms with Crippen LogP contribution in [-0.4, -0.2) is 31.2 Å². The molecule has 0 bridgehead atoms. The molecule has 0 aliphatic rings. The molecule has 0 unspecified atom stereocenters. The fourth-order valence-corrected chi connectivity index (χ4v) is 0.715. The van der Waals surface area contributed by atoms with Gasteiger partial charge in [0.05, 0.1) is 15.9 Å². The molecular weight excluding hydrogens is 195 g/mol. The standard InChI is InChI=1S/C4H10N2O4S.Na/c1-4(7)6-5-2-3-11(8,9)10;/h5H,2-3H2,1H3,(H,6,7)(H,8,9,10);/q;+1/p-1. The summed E-state index contributed by atoms with van der Waals surface area (Å²) in [5.74, 6) is -0.874. The number of hydrazine groups is 1. The van der Waals surface area contributed by atoms with Gasteiger partial charge in [0.15, 0.2) is 0 Å². The van der Waals surface area contributed by atoms with E-state index in [1.165, 1.54) is 6.92 Å². The zero-order chi connectivity index (χ0) is 8.91. The summed E-state index contributed by atoms with van der Waals surface area (Å²) in [7, 11) is -4.19.